The second-order valence-corrected chi connectivity index (χ2v) is 4.45. The molecule has 1 saturated heterocycles. The molecule has 1 aliphatic rings. The van der Waals surface area contributed by atoms with Crippen molar-refractivity contribution < 1.29 is 0 Å². The zero-order valence-corrected chi connectivity index (χ0v) is 9.89. The Labute approximate surface area is 104 Å². The summed E-state index contributed by atoms with van der Waals surface area (Å²) in [4.78, 5) is 23.1. The lowest BCUT2D eigenvalue weighted by molar-refractivity contribution is 0.698. The van der Waals surface area contributed by atoms with Gasteiger partial charge in [0, 0.05) is 36.5 Å². The molecule has 92 valence electrons. The van der Waals surface area contributed by atoms with Crippen molar-refractivity contribution in [2.45, 2.75) is 12.3 Å². The first-order valence-corrected chi connectivity index (χ1v) is 6.05. The van der Waals surface area contributed by atoms with Crippen LogP contribution in [0.5, 0.6) is 0 Å². The van der Waals surface area contributed by atoms with Crippen LogP contribution in [0.3, 0.4) is 0 Å². The van der Waals surface area contributed by atoms with Gasteiger partial charge in [0.15, 0.2) is 0 Å². The van der Waals surface area contributed by atoms with Gasteiger partial charge in [-0.2, -0.15) is 0 Å². The minimum absolute atomic E-state index is 0.106. The number of rotatable bonds is 2. The Hall–Kier alpha value is -2.01. The van der Waals surface area contributed by atoms with E-state index in [1.54, 1.807) is 12.4 Å². The molecule has 1 fully saturated rings. The molecule has 5 nitrogen and oxygen atoms in total. The minimum Gasteiger partial charge on any atom is -0.316 e. The smallest absolute Gasteiger partial charge is 0.251 e. The van der Waals surface area contributed by atoms with Gasteiger partial charge in [-0.3, -0.25) is 9.78 Å². The predicted octanol–water partition coefficient (Wildman–Crippen LogP) is 0.909. The van der Waals surface area contributed by atoms with Gasteiger partial charge in [-0.15, -0.1) is 0 Å². The molecule has 2 N–H and O–H groups in total. The summed E-state index contributed by atoms with van der Waals surface area (Å²) in [6.07, 6.45) is 4.44. The molecule has 0 aromatic carbocycles. The van der Waals surface area contributed by atoms with E-state index in [1.165, 1.54) is 6.07 Å². The van der Waals surface area contributed by atoms with Gasteiger partial charge in [0.05, 0.1) is 5.69 Å². The van der Waals surface area contributed by atoms with E-state index in [0.29, 0.717) is 11.6 Å². The van der Waals surface area contributed by atoms with E-state index in [0.717, 1.165) is 30.9 Å². The first-order chi connectivity index (χ1) is 8.83. The van der Waals surface area contributed by atoms with Gasteiger partial charge in [0.1, 0.15) is 5.82 Å². The molecule has 3 heterocycles. The van der Waals surface area contributed by atoms with Crippen molar-refractivity contribution in [3.63, 3.8) is 0 Å². The van der Waals surface area contributed by atoms with Gasteiger partial charge < -0.3 is 10.3 Å². The molecule has 0 bridgehead atoms. The van der Waals surface area contributed by atoms with Crippen molar-refractivity contribution in [1.82, 2.24) is 20.3 Å². The zero-order chi connectivity index (χ0) is 12.4. The molecule has 1 aliphatic heterocycles. The predicted molar refractivity (Wildman–Crippen MR) is 68.3 cm³/mol. The summed E-state index contributed by atoms with van der Waals surface area (Å²) in [6, 6.07) is 5.27. The lowest BCUT2D eigenvalue weighted by atomic mass is 10.1. The third-order valence-corrected chi connectivity index (χ3v) is 3.16. The molecule has 0 unspecified atom stereocenters. The molecule has 18 heavy (non-hydrogen) atoms. The Morgan fingerprint density at radius 1 is 1.39 bits per heavy atom. The maximum absolute atomic E-state index is 11.7. The Morgan fingerprint density at radius 2 is 2.33 bits per heavy atom. The largest absolute Gasteiger partial charge is 0.316 e. The average molecular weight is 242 g/mol. The second-order valence-electron chi connectivity index (χ2n) is 4.45. The van der Waals surface area contributed by atoms with Crippen molar-refractivity contribution in [1.29, 1.82) is 0 Å². The summed E-state index contributed by atoms with van der Waals surface area (Å²) in [7, 11) is 0. The zero-order valence-electron chi connectivity index (χ0n) is 9.89. The average Bonchev–Trinajstić information content (AvgIpc) is 2.93. The molecule has 1 atom stereocenters. The molecular weight excluding hydrogens is 228 g/mol. The van der Waals surface area contributed by atoms with E-state index in [-0.39, 0.29) is 5.56 Å². The number of nitrogens with one attached hydrogen (secondary N) is 2. The van der Waals surface area contributed by atoms with Crippen LogP contribution in [0.25, 0.3) is 11.3 Å². The lowest BCUT2D eigenvalue weighted by Gasteiger charge is -2.09. The van der Waals surface area contributed by atoms with Crippen LogP contribution in [0.2, 0.25) is 0 Å². The Balaban J connectivity index is 2.03. The van der Waals surface area contributed by atoms with Gasteiger partial charge in [0.2, 0.25) is 0 Å². The number of hydrogen-bond acceptors (Lipinski definition) is 4. The third-order valence-electron chi connectivity index (χ3n) is 3.16. The molecule has 0 aliphatic carbocycles. The van der Waals surface area contributed by atoms with E-state index in [2.05, 4.69) is 20.3 Å². The molecule has 0 saturated carbocycles. The van der Waals surface area contributed by atoms with Crippen LogP contribution in [0, 0.1) is 0 Å². The fraction of sp³-hybridized carbons (Fsp3) is 0.308. The molecule has 0 spiro atoms. The highest BCUT2D eigenvalue weighted by Crippen LogP contribution is 2.20. The summed E-state index contributed by atoms with van der Waals surface area (Å²) in [5.41, 5.74) is 1.45. The molecular formula is C13H14N4O. The van der Waals surface area contributed by atoms with Crippen LogP contribution in [0.15, 0.2) is 35.4 Å². The standard InChI is InChI=1S/C13H14N4O/c18-12-6-11(9-2-1-4-14-7-9)16-13(17-12)10-3-5-15-8-10/h1-2,4,6-7,10,15H,3,5,8H2,(H,16,17,18)/t10-/m1/s1. The molecule has 2 aromatic rings. The van der Waals surface area contributed by atoms with Gasteiger partial charge in [0.25, 0.3) is 5.56 Å². The summed E-state index contributed by atoms with van der Waals surface area (Å²) in [6.45, 7) is 1.85. The van der Waals surface area contributed by atoms with Gasteiger partial charge in [-0.05, 0) is 25.1 Å². The molecule has 5 heteroatoms. The van der Waals surface area contributed by atoms with Crippen LogP contribution in [-0.4, -0.2) is 28.0 Å². The molecule has 3 rings (SSSR count). The molecule has 2 aromatic heterocycles. The van der Waals surface area contributed by atoms with Crippen molar-refractivity contribution in [3.8, 4) is 11.3 Å². The third kappa shape index (κ3) is 2.17. The maximum Gasteiger partial charge on any atom is 0.251 e. The Morgan fingerprint density at radius 3 is 3.06 bits per heavy atom. The molecule has 0 radical (unpaired) electrons. The van der Waals surface area contributed by atoms with E-state index >= 15 is 0 Å². The van der Waals surface area contributed by atoms with E-state index < -0.39 is 0 Å². The van der Waals surface area contributed by atoms with E-state index in [9.17, 15) is 4.79 Å². The topological polar surface area (TPSA) is 70.7 Å². The van der Waals surface area contributed by atoms with E-state index in [4.69, 9.17) is 0 Å². The Kier molecular flexibility index (Phi) is 2.90. The number of nitrogens with zero attached hydrogens (tertiary/aromatic N) is 2. The van der Waals surface area contributed by atoms with E-state index in [1.807, 2.05) is 12.1 Å². The number of aromatic amines is 1. The van der Waals surface area contributed by atoms with Gasteiger partial charge in [-0.1, -0.05) is 0 Å². The van der Waals surface area contributed by atoms with Crippen LogP contribution >= 0.6 is 0 Å². The molecule has 0 amide bonds. The number of hydrogen-bond donors (Lipinski definition) is 2. The van der Waals surface area contributed by atoms with Gasteiger partial charge in [-0.25, -0.2) is 4.98 Å². The van der Waals surface area contributed by atoms with Crippen LogP contribution in [0.4, 0.5) is 0 Å². The van der Waals surface area contributed by atoms with Crippen LogP contribution in [0.1, 0.15) is 18.2 Å². The van der Waals surface area contributed by atoms with Crippen molar-refractivity contribution in [2.75, 3.05) is 13.1 Å². The number of aromatic nitrogens is 3. The maximum atomic E-state index is 11.7. The van der Waals surface area contributed by atoms with Crippen molar-refractivity contribution in [2.24, 2.45) is 0 Å². The first-order valence-electron chi connectivity index (χ1n) is 6.05. The van der Waals surface area contributed by atoms with Gasteiger partial charge >= 0.3 is 0 Å². The number of pyridine rings is 1. The Bertz CT molecular complexity index is 587. The minimum atomic E-state index is -0.106. The number of H-pyrrole nitrogens is 1. The fourth-order valence-electron chi connectivity index (χ4n) is 2.22. The van der Waals surface area contributed by atoms with Crippen molar-refractivity contribution >= 4 is 0 Å². The summed E-state index contributed by atoms with van der Waals surface area (Å²) in [5.74, 6) is 1.07. The SMILES string of the molecule is O=c1cc(-c2cccnc2)nc([C@@H]2CCNC2)[nH]1. The van der Waals surface area contributed by atoms with Crippen LogP contribution < -0.4 is 10.9 Å². The normalized spacial score (nSPS) is 19.0. The monoisotopic (exact) mass is 242 g/mol. The first kappa shape index (κ1) is 11.1. The highest BCUT2D eigenvalue weighted by Gasteiger charge is 2.19. The lowest BCUT2D eigenvalue weighted by Crippen LogP contribution is -2.16. The second kappa shape index (κ2) is 4.70. The summed E-state index contributed by atoms with van der Waals surface area (Å²) < 4.78 is 0. The quantitative estimate of drug-likeness (QED) is 0.821. The van der Waals surface area contributed by atoms with Crippen molar-refractivity contribution in [3.05, 3.63) is 46.8 Å². The summed E-state index contributed by atoms with van der Waals surface area (Å²) >= 11 is 0. The summed E-state index contributed by atoms with van der Waals surface area (Å²) in [5, 5.41) is 3.28. The highest BCUT2D eigenvalue weighted by atomic mass is 16.1. The highest BCUT2D eigenvalue weighted by molar-refractivity contribution is 5.56. The van der Waals surface area contributed by atoms with Crippen LogP contribution in [-0.2, 0) is 0 Å². The fourth-order valence-corrected chi connectivity index (χ4v) is 2.22.